The zero-order valence-electron chi connectivity index (χ0n) is 12.4. The Hall–Kier alpha value is -2.15. The molecule has 0 unspecified atom stereocenters. The maximum absolute atomic E-state index is 12.1. The van der Waals surface area contributed by atoms with E-state index in [1.54, 1.807) is 37.1 Å². The number of rotatable bonds is 3. The van der Waals surface area contributed by atoms with Crippen molar-refractivity contribution in [1.29, 1.82) is 0 Å². The summed E-state index contributed by atoms with van der Waals surface area (Å²) in [6.07, 6.45) is 1.63. The lowest BCUT2D eigenvalue weighted by atomic mass is 10.0. The van der Waals surface area contributed by atoms with Crippen LogP contribution in [0.25, 0.3) is 0 Å². The molecule has 2 heterocycles. The van der Waals surface area contributed by atoms with E-state index in [0.29, 0.717) is 37.6 Å². The minimum Gasteiger partial charge on any atom is -0.365 e. The second-order valence-electron chi connectivity index (χ2n) is 5.74. The number of hydrogen-bond donors (Lipinski definition) is 2. The van der Waals surface area contributed by atoms with Crippen molar-refractivity contribution in [2.24, 2.45) is 11.5 Å². The molecule has 0 bridgehead atoms. The van der Waals surface area contributed by atoms with Crippen LogP contribution in [-0.4, -0.2) is 53.4 Å². The van der Waals surface area contributed by atoms with Crippen molar-refractivity contribution in [3.63, 3.8) is 0 Å². The highest BCUT2D eigenvalue weighted by molar-refractivity contribution is 5.97. The van der Waals surface area contributed by atoms with Gasteiger partial charge in [0.1, 0.15) is 5.82 Å². The van der Waals surface area contributed by atoms with E-state index >= 15 is 0 Å². The molecule has 21 heavy (non-hydrogen) atoms. The third-order valence-electron chi connectivity index (χ3n) is 3.47. The Kier molecular flexibility index (Phi) is 4.13. The van der Waals surface area contributed by atoms with Crippen LogP contribution >= 0.6 is 0 Å². The standard InChI is InChI=1S/C14H21N5O2/c1-14(2,16)13(21)19-8-6-18(7-9-19)12-10(11(15)20)4-3-5-17-12/h3-5H,6-9,16H2,1-2H3,(H2,15,20). The van der Waals surface area contributed by atoms with Gasteiger partial charge in [-0.25, -0.2) is 4.98 Å². The molecule has 7 nitrogen and oxygen atoms in total. The van der Waals surface area contributed by atoms with Crippen molar-refractivity contribution in [2.45, 2.75) is 19.4 Å². The summed E-state index contributed by atoms with van der Waals surface area (Å²) in [5.41, 5.74) is 10.7. The predicted molar refractivity (Wildman–Crippen MR) is 79.8 cm³/mol. The summed E-state index contributed by atoms with van der Waals surface area (Å²) >= 11 is 0. The fourth-order valence-electron chi connectivity index (χ4n) is 2.37. The largest absolute Gasteiger partial charge is 0.365 e. The van der Waals surface area contributed by atoms with Crippen molar-refractivity contribution in [3.8, 4) is 0 Å². The lowest BCUT2D eigenvalue weighted by Gasteiger charge is -2.38. The third-order valence-corrected chi connectivity index (χ3v) is 3.47. The topological polar surface area (TPSA) is 106 Å². The first kappa shape index (κ1) is 15.2. The molecule has 0 saturated carbocycles. The molecule has 1 aliphatic heterocycles. The molecule has 2 amide bonds. The minimum absolute atomic E-state index is 0.0710. The number of aromatic nitrogens is 1. The molecule has 1 aliphatic rings. The molecular weight excluding hydrogens is 270 g/mol. The number of piperazine rings is 1. The average Bonchev–Trinajstić information content (AvgIpc) is 2.45. The molecule has 0 aliphatic carbocycles. The van der Waals surface area contributed by atoms with Crippen molar-refractivity contribution < 1.29 is 9.59 Å². The van der Waals surface area contributed by atoms with Crippen LogP contribution in [0.5, 0.6) is 0 Å². The second-order valence-corrected chi connectivity index (χ2v) is 5.74. The highest BCUT2D eigenvalue weighted by Gasteiger charge is 2.31. The molecule has 0 aromatic carbocycles. The molecule has 0 spiro atoms. The van der Waals surface area contributed by atoms with Crippen molar-refractivity contribution in [3.05, 3.63) is 23.9 Å². The van der Waals surface area contributed by atoms with E-state index in [1.165, 1.54) is 0 Å². The Morgan fingerprint density at radius 3 is 2.38 bits per heavy atom. The summed E-state index contributed by atoms with van der Waals surface area (Å²) in [5, 5.41) is 0. The molecule has 4 N–H and O–H groups in total. The number of pyridine rings is 1. The zero-order valence-corrected chi connectivity index (χ0v) is 12.4. The van der Waals surface area contributed by atoms with Gasteiger partial charge in [-0.05, 0) is 26.0 Å². The monoisotopic (exact) mass is 291 g/mol. The molecule has 7 heteroatoms. The maximum Gasteiger partial charge on any atom is 0.252 e. The van der Waals surface area contributed by atoms with Gasteiger partial charge >= 0.3 is 0 Å². The van der Waals surface area contributed by atoms with E-state index < -0.39 is 11.4 Å². The lowest BCUT2D eigenvalue weighted by molar-refractivity contribution is -0.136. The third kappa shape index (κ3) is 3.30. The number of nitrogens with two attached hydrogens (primary N) is 2. The predicted octanol–water partition coefficient (Wildman–Crippen LogP) is -0.434. The lowest BCUT2D eigenvalue weighted by Crippen LogP contribution is -2.57. The molecule has 0 radical (unpaired) electrons. The van der Waals surface area contributed by atoms with Crippen LogP contribution in [0, 0.1) is 0 Å². The molecule has 114 valence electrons. The number of anilines is 1. The number of amides is 2. The normalized spacial score (nSPS) is 16.0. The van der Waals surface area contributed by atoms with E-state index in [2.05, 4.69) is 4.98 Å². The molecule has 0 atom stereocenters. The van der Waals surface area contributed by atoms with Crippen LogP contribution in [-0.2, 0) is 4.79 Å². The van der Waals surface area contributed by atoms with Gasteiger partial charge in [-0.1, -0.05) is 0 Å². The molecular formula is C14H21N5O2. The number of carbonyl (C=O) groups excluding carboxylic acids is 2. The number of hydrogen-bond acceptors (Lipinski definition) is 5. The first-order chi connectivity index (χ1) is 9.80. The van der Waals surface area contributed by atoms with Gasteiger partial charge in [-0.2, -0.15) is 0 Å². The van der Waals surface area contributed by atoms with Crippen LogP contribution in [0.1, 0.15) is 24.2 Å². The zero-order chi connectivity index (χ0) is 15.6. The van der Waals surface area contributed by atoms with Crippen molar-refractivity contribution >= 4 is 17.6 Å². The SMILES string of the molecule is CC(C)(N)C(=O)N1CCN(c2ncccc2C(N)=O)CC1. The Morgan fingerprint density at radius 1 is 1.24 bits per heavy atom. The molecule has 1 saturated heterocycles. The Bertz CT molecular complexity index is 545. The molecule has 1 fully saturated rings. The van der Waals surface area contributed by atoms with Gasteiger partial charge in [0.25, 0.3) is 5.91 Å². The number of nitrogens with zero attached hydrogens (tertiary/aromatic N) is 3. The van der Waals surface area contributed by atoms with Crippen molar-refractivity contribution in [2.75, 3.05) is 31.1 Å². The number of primary amides is 1. The van der Waals surface area contributed by atoms with Crippen LogP contribution in [0.3, 0.4) is 0 Å². The summed E-state index contributed by atoms with van der Waals surface area (Å²) < 4.78 is 0. The first-order valence-electron chi connectivity index (χ1n) is 6.88. The van der Waals surface area contributed by atoms with Crippen LogP contribution < -0.4 is 16.4 Å². The summed E-state index contributed by atoms with van der Waals surface area (Å²) in [7, 11) is 0. The quantitative estimate of drug-likeness (QED) is 0.786. The van der Waals surface area contributed by atoms with Gasteiger partial charge in [0.2, 0.25) is 5.91 Å². The maximum atomic E-state index is 12.1. The van der Waals surface area contributed by atoms with E-state index in [1.807, 2.05) is 4.90 Å². The molecule has 1 aromatic rings. The Balaban J connectivity index is 2.09. The fourth-order valence-corrected chi connectivity index (χ4v) is 2.37. The van der Waals surface area contributed by atoms with Gasteiger partial charge in [0, 0.05) is 32.4 Å². The summed E-state index contributed by atoms with van der Waals surface area (Å²) in [5.74, 6) is 0.00195. The summed E-state index contributed by atoms with van der Waals surface area (Å²) in [6.45, 7) is 5.69. The van der Waals surface area contributed by atoms with Gasteiger partial charge in [-0.3, -0.25) is 9.59 Å². The summed E-state index contributed by atoms with van der Waals surface area (Å²) in [4.78, 5) is 31.5. The second kappa shape index (κ2) is 5.69. The van der Waals surface area contributed by atoms with Gasteiger partial charge in [-0.15, -0.1) is 0 Å². The molecule has 1 aromatic heterocycles. The first-order valence-corrected chi connectivity index (χ1v) is 6.88. The highest BCUT2D eigenvalue weighted by atomic mass is 16.2. The molecule has 2 rings (SSSR count). The highest BCUT2D eigenvalue weighted by Crippen LogP contribution is 2.19. The van der Waals surface area contributed by atoms with Crippen LogP contribution in [0.15, 0.2) is 18.3 Å². The van der Waals surface area contributed by atoms with Gasteiger partial charge in [0.05, 0.1) is 11.1 Å². The smallest absolute Gasteiger partial charge is 0.252 e. The van der Waals surface area contributed by atoms with E-state index in [-0.39, 0.29) is 5.91 Å². The van der Waals surface area contributed by atoms with Crippen LogP contribution in [0.2, 0.25) is 0 Å². The van der Waals surface area contributed by atoms with E-state index in [9.17, 15) is 9.59 Å². The van der Waals surface area contributed by atoms with E-state index in [4.69, 9.17) is 11.5 Å². The summed E-state index contributed by atoms with van der Waals surface area (Å²) in [6, 6.07) is 3.34. The van der Waals surface area contributed by atoms with Gasteiger partial charge in [0.15, 0.2) is 0 Å². The number of carbonyl (C=O) groups is 2. The van der Waals surface area contributed by atoms with E-state index in [0.717, 1.165) is 0 Å². The van der Waals surface area contributed by atoms with Crippen LogP contribution in [0.4, 0.5) is 5.82 Å². The Labute approximate surface area is 123 Å². The Morgan fingerprint density at radius 2 is 1.86 bits per heavy atom. The minimum atomic E-state index is -0.869. The average molecular weight is 291 g/mol. The fraction of sp³-hybridized carbons (Fsp3) is 0.500. The van der Waals surface area contributed by atoms with Crippen molar-refractivity contribution in [1.82, 2.24) is 9.88 Å². The van der Waals surface area contributed by atoms with Gasteiger partial charge < -0.3 is 21.3 Å².